The highest BCUT2D eigenvalue weighted by atomic mass is 19.1. The number of hydrogen-bond acceptors (Lipinski definition) is 3. The van der Waals surface area contributed by atoms with E-state index in [4.69, 9.17) is 0 Å². The van der Waals surface area contributed by atoms with Crippen LogP contribution in [0.15, 0.2) is 24.3 Å². The van der Waals surface area contributed by atoms with Crippen molar-refractivity contribution in [2.24, 2.45) is 0 Å². The average molecular weight is 271 g/mol. The number of nitrogens with zero attached hydrogens (tertiary/aromatic N) is 3. The molecule has 2 aromatic rings. The average Bonchev–Trinajstić information content (AvgIpc) is 2.46. The fourth-order valence-electron chi connectivity index (χ4n) is 2.67. The van der Waals surface area contributed by atoms with Crippen LogP contribution in [-0.2, 0) is 19.4 Å². The number of halogens is 1. The molecule has 0 fully saturated rings. The number of aromatic nitrogens is 2. The molecule has 0 atom stereocenters. The van der Waals surface area contributed by atoms with Crippen molar-refractivity contribution >= 4 is 5.82 Å². The van der Waals surface area contributed by atoms with Crippen LogP contribution in [0.3, 0.4) is 0 Å². The smallest absolute Gasteiger partial charge is 0.132 e. The minimum atomic E-state index is -0.150. The van der Waals surface area contributed by atoms with E-state index in [1.807, 2.05) is 13.0 Å². The predicted molar refractivity (Wildman–Crippen MR) is 77.3 cm³/mol. The molecule has 2 heterocycles. The lowest BCUT2D eigenvalue weighted by Gasteiger charge is -2.30. The minimum Gasteiger partial charge on any atom is -0.352 e. The number of anilines is 1. The molecule has 0 radical (unpaired) electrons. The number of aryl methyl sites for hydroxylation is 2. The van der Waals surface area contributed by atoms with Gasteiger partial charge in [-0.25, -0.2) is 14.4 Å². The van der Waals surface area contributed by atoms with E-state index in [9.17, 15) is 4.39 Å². The summed E-state index contributed by atoms with van der Waals surface area (Å²) in [6.45, 7) is 5.68. The monoisotopic (exact) mass is 271 g/mol. The molecule has 0 N–H and O–H groups in total. The lowest BCUT2D eigenvalue weighted by atomic mass is 9.99. The quantitative estimate of drug-likeness (QED) is 0.840. The fraction of sp³-hybridized carbons (Fsp3) is 0.375. The van der Waals surface area contributed by atoms with E-state index in [1.165, 1.54) is 11.6 Å². The van der Waals surface area contributed by atoms with Crippen molar-refractivity contribution in [3.8, 4) is 0 Å². The summed E-state index contributed by atoms with van der Waals surface area (Å²) in [7, 11) is 0. The zero-order valence-electron chi connectivity index (χ0n) is 11.9. The van der Waals surface area contributed by atoms with E-state index in [1.54, 1.807) is 6.07 Å². The highest BCUT2D eigenvalue weighted by Crippen LogP contribution is 2.24. The first-order valence-electron chi connectivity index (χ1n) is 7.02. The van der Waals surface area contributed by atoms with Crippen molar-refractivity contribution in [3.63, 3.8) is 0 Å². The predicted octanol–water partition coefficient (Wildman–Crippen LogP) is 3.05. The third kappa shape index (κ3) is 2.50. The maximum Gasteiger partial charge on any atom is 0.132 e. The third-order valence-electron chi connectivity index (χ3n) is 3.74. The van der Waals surface area contributed by atoms with Gasteiger partial charge in [0.15, 0.2) is 0 Å². The van der Waals surface area contributed by atoms with Gasteiger partial charge < -0.3 is 4.90 Å². The second kappa shape index (κ2) is 5.19. The molecule has 20 heavy (non-hydrogen) atoms. The molecule has 1 aromatic heterocycles. The Morgan fingerprint density at radius 1 is 1.20 bits per heavy atom. The Hall–Kier alpha value is -1.97. The van der Waals surface area contributed by atoms with Gasteiger partial charge in [0.05, 0.1) is 0 Å². The Morgan fingerprint density at radius 3 is 2.85 bits per heavy atom. The first kappa shape index (κ1) is 13.0. The Bertz CT molecular complexity index is 640. The molecule has 1 aliphatic rings. The van der Waals surface area contributed by atoms with Crippen molar-refractivity contribution in [1.29, 1.82) is 0 Å². The molecule has 0 saturated carbocycles. The molecule has 0 amide bonds. The van der Waals surface area contributed by atoms with Crippen LogP contribution in [0.4, 0.5) is 10.2 Å². The molecule has 0 spiro atoms. The molecule has 1 aliphatic heterocycles. The molecule has 3 rings (SSSR count). The highest BCUT2D eigenvalue weighted by molar-refractivity contribution is 5.45. The topological polar surface area (TPSA) is 29.0 Å². The number of rotatable bonds is 2. The standard InChI is InChI=1S/C16H18FN3/c1-3-15-9-16(19-11(2)18-15)20-7-6-12-8-14(17)5-4-13(12)10-20/h4-5,8-9H,3,6-7,10H2,1-2H3. The van der Waals surface area contributed by atoms with Crippen LogP contribution in [0.5, 0.6) is 0 Å². The molecule has 3 nitrogen and oxygen atoms in total. The zero-order chi connectivity index (χ0) is 14.1. The maximum atomic E-state index is 13.2. The Balaban J connectivity index is 1.90. The molecular weight excluding hydrogens is 253 g/mol. The van der Waals surface area contributed by atoms with Crippen LogP contribution < -0.4 is 4.90 Å². The summed E-state index contributed by atoms with van der Waals surface area (Å²) in [5.74, 6) is 1.64. The van der Waals surface area contributed by atoms with Gasteiger partial charge in [-0.3, -0.25) is 0 Å². The van der Waals surface area contributed by atoms with E-state index in [0.717, 1.165) is 48.8 Å². The number of fused-ring (bicyclic) bond motifs is 1. The van der Waals surface area contributed by atoms with Crippen LogP contribution in [0.1, 0.15) is 29.6 Å². The second-order valence-corrected chi connectivity index (χ2v) is 5.20. The van der Waals surface area contributed by atoms with E-state index >= 15 is 0 Å². The number of benzene rings is 1. The molecule has 0 unspecified atom stereocenters. The van der Waals surface area contributed by atoms with Crippen molar-refractivity contribution in [2.45, 2.75) is 33.2 Å². The highest BCUT2D eigenvalue weighted by Gasteiger charge is 2.18. The summed E-state index contributed by atoms with van der Waals surface area (Å²) < 4.78 is 13.2. The van der Waals surface area contributed by atoms with Crippen molar-refractivity contribution in [2.75, 3.05) is 11.4 Å². The second-order valence-electron chi connectivity index (χ2n) is 5.20. The summed E-state index contributed by atoms with van der Waals surface area (Å²) in [6, 6.07) is 7.12. The fourth-order valence-corrected chi connectivity index (χ4v) is 2.67. The van der Waals surface area contributed by atoms with Crippen molar-refractivity contribution in [1.82, 2.24) is 9.97 Å². The SMILES string of the molecule is CCc1cc(N2CCc3cc(F)ccc3C2)nc(C)n1. The molecule has 4 heteroatoms. The van der Waals surface area contributed by atoms with Gasteiger partial charge in [0.1, 0.15) is 17.5 Å². The van der Waals surface area contributed by atoms with Gasteiger partial charge in [0, 0.05) is 24.8 Å². The third-order valence-corrected chi connectivity index (χ3v) is 3.74. The summed E-state index contributed by atoms with van der Waals surface area (Å²) >= 11 is 0. The maximum absolute atomic E-state index is 13.2. The Kier molecular flexibility index (Phi) is 3.38. The van der Waals surface area contributed by atoms with E-state index < -0.39 is 0 Å². The van der Waals surface area contributed by atoms with Crippen LogP contribution in [0.2, 0.25) is 0 Å². The molecule has 0 bridgehead atoms. The van der Waals surface area contributed by atoms with Crippen molar-refractivity contribution in [3.05, 3.63) is 52.7 Å². The summed E-state index contributed by atoms with van der Waals surface area (Å²) in [6.07, 6.45) is 1.77. The van der Waals surface area contributed by atoms with Gasteiger partial charge in [-0.05, 0) is 43.0 Å². The van der Waals surface area contributed by atoms with Gasteiger partial charge >= 0.3 is 0 Å². The van der Waals surface area contributed by atoms with Gasteiger partial charge in [0.25, 0.3) is 0 Å². The molecule has 0 saturated heterocycles. The van der Waals surface area contributed by atoms with Crippen LogP contribution >= 0.6 is 0 Å². The summed E-state index contributed by atoms with van der Waals surface area (Å²) in [5, 5.41) is 0. The Labute approximate surface area is 118 Å². The van der Waals surface area contributed by atoms with Crippen LogP contribution in [-0.4, -0.2) is 16.5 Å². The van der Waals surface area contributed by atoms with E-state index in [-0.39, 0.29) is 5.82 Å². The largest absolute Gasteiger partial charge is 0.352 e. The minimum absolute atomic E-state index is 0.150. The first-order chi connectivity index (χ1) is 9.65. The van der Waals surface area contributed by atoms with E-state index in [0.29, 0.717) is 0 Å². The zero-order valence-corrected chi connectivity index (χ0v) is 11.9. The van der Waals surface area contributed by atoms with Gasteiger partial charge in [-0.1, -0.05) is 13.0 Å². The molecule has 104 valence electrons. The Morgan fingerprint density at radius 2 is 2.05 bits per heavy atom. The normalized spacial score (nSPS) is 14.2. The van der Waals surface area contributed by atoms with Crippen LogP contribution in [0, 0.1) is 12.7 Å². The summed E-state index contributed by atoms with van der Waals surface area (Å²) in [5.41, 5.74) is 3.37. The van der Waals surface area contributed by atoms with Gasteiger partial charge in [-0.15, -0.1) is 0 Å². The molecular formula is C16H18FN3. The lowest BCUT2D eigenvalue weighted by molar-refractivity contribution is 0.618. The number of hydrogen-bond donors (Lipinski definition) is 0. The van der Waals surface area contributed by atoms with Crippen molar-refractivity contribution < 1.29 is 4.39 Å². The summed E-state index contributed by atoms with van der Waals surface area (Å²) in [4.78, 5) is 11.2. The molecule has 1 aromatic carbocycles. The van der Waals surface area contributed by atoms with E-state index in [2.05, 4.69) is 27.9 Å². The lowest BCUT2D eigenvalue weighted by Crippen LogP contribution is -2.31. The van der Waals surface area contributed by atoms with Crippen LogP contribution in [0.25, 0.3) is 0 Å². The molecule has 0 aliphatic carbocycles. The first-order valence-corrected chi connectivity index (χ1v) is 7.02. The van der Waals surface area contributed by atoms with Gasteiger partial charge in [0.2, 0.25) is 0 Å². The van der Waals surface area contributed by atoms with Gasteiger partial charge in [-0.2, -0.15) is 0 Å².